The van der Waals surface area contributed by atoms with Crippen LogP contribution in [0.2, 0.25) is 0 Å². The zero-order chi connectivity index (χ0) is 8.43. The highest BCUT2D eigenvalue weighted by Crippen LogP contribution is 1.92. The maximum Gasteiger partial charge on any atom is 0.315 e. The zero-order valence-corrected chi connectivity index (χ0v) is 5.66. The third-order valence-corrected chi connectivity index (χ3v) is 1.26. The summed E-state index contributed by atoms with van der Waals surface area (Å²) >= 11 is 0. The molecule has 0 saturated carbocycles. The third-order valence-electron chi connectivity index (χ3n) is 1.26. The van der Waals surface area contributed by atoms with Crippen molar-refractivity contribution in [2.45, 2.75) is 0 Å². The van der Waals surface area contributed by atoms with Crippen molar-refractivity contribution < 1.29 is 14.4 Å². The molecule has 1 fully saturated rings. The predicted molar refractivity (Wildman–Crippen MR) is 34.3 cm³/mol. The second-order valence-electron chi connectivity index (χ2n) is 2.17. The molecule has 0 aromatic carbocycles. The molecule has 0 atom stereocenters. The van der Waals surface area contributed by atoms with Gasteiger partial charge in [0.1, 0.15) is 13.1 Å². The Balaban J connectivity index is 2.63. The summed E-state index contributed by atoms with van der Waals surface area (Å²) < 4.78 is 0. The van der Waals surface area contributed by atoms with E-state index in [2.05, 4.69) is 0 Å². The molecule has 0 spiro atoms. The SMILES string of the molecule is NC(=O)N1CC(=O)NC(=O)C1. The number of carbonyl (C=O) groups excluding carboxylic acids is 3. The number of hydrogen-bond acceptors (Lipinski definition) is 3. The summed E-state index contributed by atoms with van der Waals surface area (Å²) in [6.07, 6.45) is 0. The Bertz CT molecular complexity index is 209. The summed E-state index contributed by atoms with van der Waals surface area (Å²) in [7, 11) is 0. The molecule has 1 heterocycles. The van der Waals surface area contributed by atoms with Crippen molar-refractivity contribution >= 4 is 17.8 Å². The zero-order valence-electron chi connectivity index (χ0n) is 5.66. The highest BCUT2D eigenvalue weighted by molar-refractivity contribution is 6.02. The summed E-state index contributed by atoms with van der Waals surface area (Å²) in [6, 6.07) is -0.756. The van der Waals surface area contributed by atoms with Crippen LogP contribution in [0.3, 0.4) is 0 Å². The molecule has 6 heteroatoms. The summed E-state index contributed by atoms with van der Waals surface area (Å²) in [4.78, 5) is 32.6. The van der Waals surface area contributed by atoms with Gasteiger partial charge in [0.05, 0.1) is 0 Å². The van der Waals surface area contributed by atoms with E-state index in [0.29, 0.717) is 0 Å². The molecule has 11 heavy (non-hydrogen) atoms. The Morgan fingerprint density at radius 3 is 2.18 bits per heavy atom. The van der Waals surface area contributed by atoms with E-state index in [1.54, 1.807) is 0 Å². The lowest BCUT2D eigenvalue weighted by molar-refractivity contribution is -0.134. The van der Waals surface area contributed by atoms with Crippen molar-refractivity contribution in [1.82, 2.24) is 10.2 Å². The van der Waals surface area contributed by atoms with Gasteiger partial charge in [-0.1, -0.05) is 0 Å². The van der Waals surface area contributed by atoms with Gasteiger partial charge in [-0.15, -0.1) is 0 Å². The van der Waals surface area contributed by atoms with Crippen LogP contribution in [0.15, 0.2) is 0 Å². The van der Waals surface area contributed by atoms with E-state index in [4.69, 9.17) is 5.73 Å². The first kappa shape index (κ1) is 7.52. The van der Waals surface area contributed by atoms with Crippen molar-refractivity contribution in [3.8, 4) is 0 Å². The number of amides is 4. The van der Waals surface area contributed by atoms with Crippen LogP contribution in [0, 0.1) is 0 Å². The molecule has 60 valence electrons. The maximum absolute atomic E-state index is 10.6. The first-order chi connectivity index (χ1) is 5.09. The Morgan fingerprint density at radius 1 is 1.36 bits per heavy atom. The fraction of sp³-hybridized carbons (Fsp3) is 0.400. The summed E-state index contributed by atoms with van der Waals surface area (Å²) in [5.74, 6) is -1.000. The van der Waals surface area contributed by atoms with Crippen molar-refractivity contribution in [3.63, 3.8) is 0 Å². The van der Waals surface area contributed by atoms with Crippen LogP contribution in [0.25, 0.3) is 0 Å². The van der Waals surface area contributed by atoms with Gasteiger partial charge < -0.3 is 10.6 Å². The first-order valence-corrected chi connectivity index (χ1v) is 2.96. The van der Waals surface area contributed by atoms with Gasteiger partial charge in [0.25, 0.3) is 0 Å². The normalized spacial score (nSPS) is 18.0. The van der Waals surface area contributed by atoms with Crippen LogP contribution in [0.1, 0.15) is 0 Å². The van der Waals surface area contributed by atoms with Gasteiger partial charge in [-0.05, 0) is 0 Å². The van der Waals surface area contributed by atoms with E-state index in [-0.39, 0.29) is 13.1 Å². The largest absolute Gasteiger partial charge is 0.351 e. The number of hydrogen-bond donors (Lipinski definition) is 2. The lowest BCUT2D eigenvalue weighted by Gasteiger charge is -2.22. The molecule has 0 radical (unpaired) electrons. The molecule has 0 bridgehead atoms. The minimum atomic E-state index is -0.756. The molecule has 1 saturated heterocycles. The van der Waals surface area contributed by atoms with Crippen LogP contribution < -0.4 is 11.1 Å². The third kappa shape index (κ3) is 1.66. The van der Waals surface area contributed by atoms with Crippen molar-refractivity contribution in [2.24, 2.45) is 5.73 Å². The minimum absolute atomic E-state index is 0.138. The number of nitrogens with two attached hydrogens (primary N) is 1. The number of primary amides is 1. The average Bonchev–Trinajstić information content (AvgIpc) is 1.85. The topological polar surface area (TPSA) is 92.5 Å². The number of nitrogens with one attached hydrogen (secondary N) is 1. The minimum Gasteiger partial charge on any atom is -0.351 e. The molecular formula is C5H7N3O3. The van der Waals surface area contributed by atoms with E-state index in [9.17, 15) is 14.4 Å². The number of carbonyl (C=O) groups is 3. The molecule has 1 aliphatic rings. The van der Waals surface area contributed by atoms with Gasteiger partial charge in [-0.25, -0.2) is 4.79 Å². The Hall–Kier alpha value is -1.59. The maximum atomic E-state index is 10.6. The fourth-order valence-corrected chi connectivity index (χ4v) is 0.793. The highest BCUT2D eigenvalue weighted by atomic mass is 16.2. The van der Waals surface area contributed by atoms with E-state index in [1.807, 2.05) is 5.32 Å². The summed E-state index contributed by atoms with van der Waals surface area (Å²) in [5.41, 5.74) is 4.85. The molecule has 1 rings (SSSR count). The van der Waals surface area contributed by atoms with E-state index >= 15 is 0 Å². The van der Waals surface area contributed by atoms with Crippen molar-refractivity contribution in [2.75, 3.05) is 13.1 Å². The standard InChI is InChI=1S/C5H7N3O3/c6-5(11)8-1-3(9)7-4(10)2-8/h1-2H2,(H2,6,11)(H,7,9,10). The highest BCUT2D eigenvalue weighted by Gasteiger charge is 2.24. The van der Waals surface area contributed by atoms with Crippen LogP contribution in [0.5, 0.6) is 0 Å². The number of imide groups is 1. The Morgan fingerprint density at radius 2 is 1.82 bits per heavy atom. The molecule has 0 unspecified atom stereocenters. The molecule has 0 aliphatic carbocycles. The van der Waals surface area contributed by atoms with Gasteiger partial charge >= 0.3 is 6.03 Å². The molecule has 4 amide bonds. The quantitative estimate of drug-likeness (QED) is 0.399. The lowest BCUT2D eigenvalue weighted by Crippen LogP contribution is -2.54. The number of rotatable bonds is 0. The lowest BCUT2D eigenvalue weighted by atomic mass is 10.3. The van der Waals surface area contributed by atoms with Crippen LogP contribution in [-0.4, -0.2) is 35.8 Å². The van der Waals surface area contributed by atoms with E-state index < -0.39 is 17.8 Å². The Labute approximate surface area is 62.3 Å². The molecule has 6 nitrogen and oxygen atoms in total. The van der Waals surface area contributed by atoms with Crippen LogP contribution in [-0.2, 0) is 9.59 Å². The Kier molecular flexibility index (Phi) is 1.75. The number of nitrogens with zero attached hydrogens (tertiary/aromatic N) is 1. The number of urea groups is 1. The molecule has 1 aliphatic heterocycles. The molecule has 3 N–H and O–H groups in total. The fourth-order valence-electron chi connectivity index (χ4n) is 0.793. The van der Waals surface area contributed by atoms with Crippen molar-refractivity contribution in [1.29, 1.82) is 0 Å². The average molecular weight is 157 g/mol. The number of piperazine rings is 1. The van der Waals surface area contributed by atoms with Gasteiger partial charge in [0, 0.05) is 0 Å². The van der Waals surface area contributed by atoms with Gasteiger partial charge in [-0.3, -0.25) is 14.9 Å². The molecule has 0 aromatic heterocycles. The predicted octanol–water partition coefficient (Wildman–Crippen LogP) is -1.98. The van der Waals surface area contributed by atoms with Crippen LogP contribution >= 0.6 is 0 Å². The van der Waals surface area contributed by atoms with E-state index in [0.717, 1.165) is 4.90 Å². The summed E-state index contributed by atoms with van der Waals surface area (Å²) in [6.45, 7) is -0.276. The van der Waals surface area contributed by atoms with Gasteiger partial charge in [0.15, 0.2) is 0 Å². The first-order valence-electron chi connectivity index (χ1n) is 2.96. The summed E-state index contributed by atoms with van der Waals surface area (Å²) in [5, 5.41) is 2.04. The van der Waals surface area contributed by atoms with E-state index in [1.165, 1.54) is 0 Å². The monoisotopic (exact) mass is 157 g/mol. The molecular weight excluding hydrogens is 150 g/mol. The smallest absolute Gasteiger partial charge is 0.315 e. The van der Waals surface area contributed by atoms with Crippen molar-refractivity contribution in [3.05, 3.63) is 0 Å². The van der Waals surface area contributed by atoms with Gasteiger partial charge in [-0.2, -0.15) is 0 Å². The van der Waals surface area contributed by atoms with Crippen LogP contribution in [0.4, 0.5) is 4.79 Å². The molecule has 0 aromatic rings. The van der Waals surface area contributed by atoms with Gasteiger partial charge in [0.2, 0.25) is 11.8 Å². The second kappa shape index (κ2) is 2.57. The second-order valence-corrected chi connectivity index (χ2v) is 2.17.